The van der Waals surface area contributed by atoms with Crippen molar-refractivity contribution in [3.05, 3.63) is 0 Å². The normalized spacial score (nSPS) is 37.9. The molecular formula is C14H16F6O6S. The molecule has 4 bridgehead atoms. The second-order valence-electron chi connectivity index (χ2n) is 7.65. The Balaban J connectivity index is 1.87. The van der Waals surface area contributed by atoms with E-state index in [2.05, 4.69) is 9.37 Å². The fourth-order valence-electron chi connectivity index (χ4n) is 4.97. The molecule has 0 aliphatic heterocycles. The second-order valence-corrected chi connectivity index (χ2v) is 8.52. The lowest BCUT2D eigenvalue weighted by Gasteiger charge is -2.59. The van der Waals surface area contributed by atoms with E-state index in [1.807, 2.05) is 0 Å². The maximum atomic E-state index is 14.7. The molecule has 0 aromatic heterocycles. The van der Waals surface area contributed by atoms with E-state index in [4.69, 9.17) is 9.99 Å². The summed E-state index contributed by atoms with van der Waals surface area (Å²) in [5, 5.41) is 16.3. The number of carbonyl (C=O) groups excluding carboxylic acids is 1. The molecule has 0 amide bonds. The van der Waals surface area contributed by atoms with Crippen molar-refractivity contribution < 1.29 is 55.6 Å². The van der Waals surface area contributed by atoms with Crippen LogP contribution >= 0.6 is 12.0 Å². The Bertz CT molecular complexity index is 601. The molecule has 4 aliphatic carbocycles. The van der Waals surface area contributed by atoms with E-state index < -0.39 is 46.3 Å². The van der Waals surface area contributed by atoms with Gasteiger partial charge in [-0.15, -0.1) is 4.33 Å². The molecule has 0 aromatic rings. The molecule has 0 saturated heterocycles. The fourth-order valence-corrected chi connectivity index (χ4v) is 5.43. The summed E-state index contributed by atoms with van der Waals surface area (Å²) in [6.07, 6.45) is -4.85. The Morgan fingerprint density at radius 1 is 1.04 bits per heavy atom. The minimum Gasteiger partial charge on any atom is -0.456 e. The van der Waals surface area contributed by atoms with Crippen LogP contribution < -0.4 is 0 Å². The second kappa shape index (κ2) is 6.37. The molecule has 4 saturated carbocycles. The lowest BCUT2D eigenvalue weighted by molar-refractivity contribution is -0.434. The van der Waals surface area contributed by atoms with Gasteiger partial charge in [-0.1, -0.05) is 5.04 Å². The minimum atomic E-state index is -6.45. The third kappa shape index (κ3) is 3.41. The van der Waals surface area contributed by atoms with Crippen LogP contribution in [0.1, 0.15) is 38.5 Å². The molecule has 4 rings (SSSR count). The lowest BCUT2D eigenvalue weighted by Crippen LogP contribution is -2.63. The minimum absolute atomic E-state index is 0.106. The highest BCUT2D eigenvalue weighted by Crippen LogP contribution is 2.60. The van der Waals surface area contributed by atoms with Crippen molar-refractivity contribution in [3.8, 4) is 0 Å². The van der Waals surface area contributed by atoms with Crippen LogP contribution in [0, 0.1) is 11.8 Å². The highest BCUT2D eigenvalue weighted by Gasteiger charge is 2.78. The van der Waals surface area contributed by atoms with Crippen molar-refractivity contribution in [2.75, 3.05) is 0 Å². The van der Waals surface area contributed by atoms with E-state index in [-0.39, 0.29) is 31.1 Å². The van der Waals surface area contributed by atoms with Crippen molar-refractivity contribution in [2.45, 2.75) is 66.8 Å². The SMILES string of the molecule is O=C(OC12CC3CC(CC(O)(C3)C1)C2)C(F)(SOOO)C(F)(F)C(F)(F)F. The molecule has 0 aromatic carbocycles. The summed E-state index contributed by atoms with van der Waals surface area (Å²) in [4.78, 5) is 12.2. The number of hydrogen-bond donors (Lipinski definition) is 2. The Hall–Kier alpha value is -0.760. The van der Waals surface area contributed by atoms with Crippen molar-refractivity contribution in [3.63, 3.8) is 0 Å². The molecular weight excluding hydrogens is 410 g/mol. The van der Waals surface area contributed by atoms with Gasteiger partial charge in [-0.25, -0.2) is 14.4 Å². The van der Waals surface area contributed by atoms with Gasteiger partial charge in [-0.2, -0.15) is 22.0 Å². The Kier molecular flexibility index (Phi) is 4.95. The molecule has 27 heavy (non-hydrogen) atoms. The number of halogens is 6. The number of rotatable bonds is 6. The van der Waals surface area contributed by atoms with Crippen molar-refractivity contribution in [1.29, 1.82) is 0 Å². The van der Waals surface area contributed by atoms with Gasteiger partial charge in [0.2, 0.25) is 0 Å². The summed E-state index contributed by atoms with van der Waals surface area (Å²) in [5.74, 6) is -8.94. The maximum absolute atomic E-state index is 14.7. The Morgan fingerprint density at radius 3 is 2.04 bits per heavy atom. The molecule has 13 heteroatoms. The van der Waals surface area contributed by atoms with Gasteiger partial charge in [0.25, 0.3) is 0 Å². The van der Waals surface area contributed by atoms with E-state index in [1.165, 1.54) is 0 Å². The standard InChI is InChI=1S/C14H16F6O6S/c15-12(27-26-25-23,13(16,17)14(18,19)20)9(21)24-11-4-7-1-8(5-11)3-10(22,2-7)6-11/h7-8,22-23H,1-6H2. The van der Waals surface area contributed by atoms with Gasteiger partial charge in [-0.05, 0) is 43.9 Å². The zero-order chi connectivity index (χ0) is 20.3. The number of aliphatic hydroxyl groups is 1. The third-order valence-corrected chi connectivity index (χ3v) is 6.27. The summed E-state index contributed by atoms with van der Waals surface area (Å²) in [6, 6.07) is 0. The Labute approximate surface area is 153 Å². The number of ether oxygens (including phenoxy) is 1. The van der Waals surface area contributed by atoms with Gasteiger partial charge < -0.3 is 9.84 Å². The fraction of sp³-hybridized carbons (Fsp3) is 0.929. The van der Waals surface area contributed by atoms with Crippen LogP contribution in [0.4, 0.5) is 26.3 Å². The van der Waals surface area contributed by atoms with E-state index >= 15 is 0 Å². The zero-order valence-electron chi connectivity index (χ0n) is 13.6. The molecule has 3 unspecified atom stereocenters. The predicted molar refractivity (Wildman–Crippen MR) is 75.7 cm³/mol. The van der Waals surface area contributed by atoms with Crippen LogP contribution in [-0.2, 0) is 18.9 Å². The zero-order valence-corrected chi connectivity index (χ0v) is 14.4. The average Bonchev–Trinajstić information content (AvgIpc) is 2.48. The highest BCUT2D eigenvalue weighted by atomic mass is 32.2. The molecule has 0 heterocycles. The van der Waals surface area contributed by atoms with Crippen molar-refractivity contribution in [2.24, 2.45) is 11.8 Å². The first-order chi connectivity index (χ1) is 12.3. The number of esters is 1. The van der Waals surface area contributed by atoms with E-state index in [0.29, 0.717) is 19.3 Å². The lowest BCUT2D eigenvalue weighted by atomic mass is 9.52. The molecule has 4 fully saturated rings. The average molecular weight is 426 g/mol. The quantitative estimate of drug-likeness (QED) is 0.221. The van der Waals surface area contributed by atoms with Crippen LogP contribution in [0.25, 0.3) is 0 Å². The number of alkyl halides is 6. The monoisotopic (exact) mass is 426 g/mol. The molecule has 6 nitrogen and oxygen atoms in total. The van der Waals surface area contributed by atoms with Gasteiger partial charge >= 0.3 is 23.1 Å². The van der Waals surface area contributed by atoms with Crippen LogP contribution in [0.2, 0.25) is 0 Å². The largest absolute Gasteiger partial charge is 0.458 e. The highest BCUT2D eigenvalue weighted by molar-refractivity contribution is 7.96. The maximum Gasteiger partial charge on any atom is 0.458 e. The topological polar surface area (TPSA) is 85.2 Å². The van der Waals surface area contributed by atoms with Gasteiger partial charge in [-0.3, -0.25) is 0 Å². The van der Waals surface area contributed by atoms with Crippen LogP contribution in [0.15, 0.2) is 0 Å². The van der Waals surface area contributed by atoms with Gasteiger partial charge in [0.15, 0.2) is 0 Å². The molecule has 0 spiro atoms. The predicted octanol–water partition coefficient (Wildman–Crippen LogP) is 3.55. The smallest absolute Gasteiger partial charge is 0.456 e. The number of carbonyl (C=O) groups is 1. The van der Waals surface area contributed by atoms with Crippen molar-refractivity contribution >= 4 is 18.0 Å². The van der Waals surface area contributed by atoms with Gasteiger partial charge in [0, 0.05) is 6.42 Å². The first kappa shape index (κ1) is 21.0. The van der Waals surface area contributed by atoms with E-state index in [1.54, 1.807) is 0 Å². The summed E-state index contributed by atoms with van der Waals surface area (Å²) < 4.78 is 88.3. The molecule has 0 radical (unpaired) electrons. The van der Waals surface area contributed by atoms with Gasteiger partial charge in [0.1, 0.15) is 5.60 Å². The Morgan fingerprint density at radius 2 is 1.59 bits per heavy atom. The summed E-state index contributed by atoms with van der Waals surface area (Å²) >= 11 is -1.35. The van der Waals surface area contributed by atoms with E-state index in [9.17, 15) is 36.2 Å². The first-order valence-corrected chi connectivity index (χ1v) is 8.75. The van der Waals surface area contributed by atoms with E-state index in [0.717, 1.165) is 0 Å². The summed E-state index contributed by atoms with van der Waals surface area (Å²) in [5.41, 5.74) is -2.76. The molecule has 156 valence electrons. The molecule has 3 atom stereocenters. The molecule has 2 N–H and O–H groups in total. The van der Waals surface area contributed by atoms with Gasteiger partial charge in [0.05, 0.1) is 17.6 Å². The third-order valence-electron chi connectivity index (χ3n) is 5.49. The number of hydrogen-bond acceptors (Lipinski definition) is 7. The first-order valence-electron chi connectivity index (χ1n) is 8.01. The molecule has 4 aliphatic rings. The van der Waals surface area contributed by atoms with Crippen LogP contribution in [0.3, 0.4) is 0 Å². The van der Waals surface area contributed by atoms with Crippen LogP contribution in [-0.4, -0.2) is 44.6 Å². The van der Waals surface area contributed by atoms with Crippen LogP contribution in [0.5, 0.6) is 0 Å². The van der Waals surface area contributed by atoms with Crippen molar-refractivity contribution in [1.82, 2.24) is 0 Å². The summed E-state index contributed by atoms with van der Waals surface area (Å²) in [6.45, 7) is 0. The summed E-state index contributed by atoms with van der Waals surface area (Å²) in [7, 11) is 0.